The normalized spacial score (nSPS) is 10.4. The van der Waals surface area contributed by atoms with Gasteiger partial charge in [-0.05, 0) is 30.7 Å². The highest BCUT2D eigenvalue weighted by molar-refractivity contribution is 5.57. The first-order chi connectivity index (χ1) is 11.8. The van der Waals surface area contributed by atoms with Crippen molar-refractivity contribution >= 4 is 6.01 Å². The minimum absolute atomic E-state index is 0.350. The molecule has 7 nitrogen and oxygen atoms in total. The lowest BCUT2D eigenvalue weighted by Gasteiger charge is -2.04. The molecule has 0 radical (unpaired) electrons. The van der Waals surface area contributed by atoms with E-state index >= 15 is 0 Å². The predicted octanol–water partition coefficient (Wildman–Crippen LogP) is 3.15. The molecule has 124 valence electrons. The molecule has 3 aromatic rings. The zero-order valence-corrected chi connectivity index (χ0v) is 13.5. The Labute approximate surface area is 139 Å². The first-order valence-electron chi connectivity index (χ1n) is 7.58. The minimum atomic E-state index is 0.350. The third-order valence-electron chi connectivity index (χ3n) is 3.29. The number of benzene rings is 1. The van der Waals surface area contributed by atoms with Gasteiger partial charge in [0.2, 0.25) is 11.7 Å². The topological polar surface area (TPSA) is 82.3 Å². The smallest absolute Gasteiger partial charge is 0.322 e. The van der Waals surface area contributed by atoms with Crippen LogP contribution in [0.3, 0.4) is 0 Å². The highest BCUT2D eigenvalue weighted by Crippen LogP contribution is 2.22. The van der Waals surface area contributed by atoms with Crippen LogP contribution in [0, 0.1) is 0 Å². The van der Waals surface area contributed by atoms with Crippen LogP contribution >= 0.6 is 0 Å². The molecule has 0 bridgehead atoms. The zero-order chi connectivity index (χ0) is 16.8. The van der Waals surface area contributed by atoms with Crippen LogP contribution in [0.4, 0.5) is 6.01 Å². The quantitative estimate of drug-likeness (QED) is 0.714. The average Bonchev–Trinajstić information content (AvgIpc) is 3.10. The zero-order valence-electron chi connectivity index (χ0n) is 13.5. The molecular formula is C17H18N4O3. The fourth-order valence-corrected chi connectivity index (χ4v) is 2.14. The molecule has 24 heavy (non-hydrogen) atoms. The molecule has 2 aromatic heterocycles. The molecule has 3 rings (SSSR count). The summed E-state index contributed by atoms with van der Waals surface area (Å²) in [7, 11) is 1.62. The van der Waals surface area contributed by atoms with Crippen molar-refractivity contribution in [3.63, 3.8) is 0 Å². The Kier molecular flexibility index (Phi) is 4.90. The highest BCUT2D eigenvalue weighted by Gasteiger charge is 2.09. The van der Waals surface area contributed by atoms with E-state index in [-0.39, 0.29) is 0 Å². The molecule has 0 saturated carbocycles. The summed E-state index contributed by atoms with van der Waals surface area (Å²) in [4.78, 5) is 8.47. The maximum atomic E-state index is 5.38. The Morgan fingerprint density at radius 2 is 2.12 bits per heavy atom. The summed E-state index contributed by atoms with van der Waals surface area (Å²) in [5, 5.41) is 7.07. The van der Waals surface area contributed by atoms with Crippen molar-refractivity contribution in [2.24, 2.45) is 0 Å². The molecule has 0 unspecified atom stereocenters. The van der Waals surface area contributed by atoms with Gasteiger partial charge in [0.25, 0.3) is 0 Å². The first-order valence-corrected chi connectivity index (χ1v) is 7.58. The van der Waals surface area contributed by atoms with Crippen molar-refractivity contribution in [3.8, 4) is 23.0 Å². The van der Waals surface area contributed by atoms with Gasteiger partial charge in [0.05, 0.1) is 13.7 Å². The van der Waals surface area contributed by atoms with Crippen LogP contribution < -0.4 is 14.8 Å². The lowest BCUT2D eigenvalue weighted by atomic mass is 10.2. The Hall–Kier alpha value is -3.09. The van der Waals surface area contributed by atoms with Gasteiger partial charge in [0.15, 0.2) is 0 Å². The van der Waals surface area contributed by atoms with Gasteiger partial charge in [-0.15, -0.1) is 0 Å². The SMILES string of the molecule is CCOc1cc(CNc2nc(-c3cccc(OC)c3)no2)ccn1. The Bertz CT molecular complexity index is 804. The van der Waals surface area contributed by atoms with E-state index in [1.54, 1.807) is 13.3 Å². The van der Waals surface area contributed by atoms with Gasteiger partial charge in [-0.25, -0.2) is 4.98 Å². The Morgan fingerprint density at radius 1 is 1.21 bits per heavy atom. The largest absolute Gasteiger partial charge is 0.497 e. The van der Waals surface area contributed by atoms with Crippen LogP contribution in [0.2, 0.25) is 0 Å². The molecule has 0 aliphatic carbocycles. The number of methoxy groups -OCH3 is 1. The second-order valence-corrected chi connectivity index (χ2v) is 4.94. The van der Waals surface area contributed by atoms with Gasteiger partial charge in [0.1, 0.15) is 5.75 Å². The molecule has 0 fully saturated rings. The van der Waals surface area contributed by atoms with Crippen molar-refractivity contribution in [3.05, 3.63) is 48.2 Å². The van der Waals surface area contributed by atoms with E-state index < -0.39 is 0 Å². The van der Waals surface area contributed by atoms with Crippen LogP contribution in [0.25, 0.3) is 11.4 Å². The summed E-state index contributed by atoms with van der Waals surface area (Å²) in [6.45, 7) is 3.03. The van der Waals surface area contributed by atoms with Gasteiger partial charge in [-0.2, -0.15) is 4.98 Å². The van der Waals surface area contributed by atoms with E-state index in [9.17, 15) is 0 Å². The summed E-state index contributed by atoms with van der Waals surface area (Å²) >= 11 is 0. The summed E-state index contributed by atoms with van der Waals surface area (Å²) in [6.07, 6.45) is 1.71. The lowest BCUT2D eigenvalue weighted by molar-refractivity contribution is 0.326. The van der Waals surface area contributed by atoms with Crippen LogP contribution in [0.15, 0.2) is 47.1 Å². The second kappa shape index (κ2) is 7.45. The number of nitrogens with one attached hydrogen (secondary N) is 1. The summed E-state index contributed by atoms with van der Waals surface area (Å²) in [6, 6.07) is 11.6. The Morgan fingerprint density at radius 3 is 2.96 bits per heavy atom. The number of aromatic nitrogens is 3. The summed E-state index contributed by atoms with van der Waals surface area (Å²) in [5.41, 5.74) is 1.84. The molecule has 0 aliphatic rings. The van der Waals surface area contributed by atoms with Gasteiger partial charge in [-0.1, -0.05) is 17.3 Å². The van der Waals surface area contributed by atoms with E-state index in [2.05, 4.69) is 20.4 Å². The molecule has 0 spiro atoms. The van der Waals surface area contributed by atoms with Crippen LogP contribution in [0.5, 0.6) is 11.6 Å². The number of ether oxygens (including phenoxy) is 2. The lowest BCUT2D eigenvalue weighted by Crippen LogP contribution is -2.01. The van der Waals surface area contributed by atoms with E-state index in [4.69, 9.17) is 14.0 Å². The summed E-state index contributed by atoms with van der Waals surface area (Å²) < 4.78 is 15.8. The molecule has 0 atom stereocenters. The van der Waals surface area contributed by atoms with Gasteiger partial charge in [0, 0.05) is 24.4 Å². The number of nitrogens with zero attached hydrogens (tertiary/aromatic N) is 3. The van der Waals surface area contributed by atoms with E-state index in [1.165, 1.54) is 0 Å². The summed E-state index contributed by atoms with van der Waals surface area (Å²) in [5.74, 6) is 1.84. The number of rotatable bonds is 7. The fraction of sp³-hybridized carbons (Fsp3) is 0.235. The maximum Gasteiger partial charge on any atom is 0.322 e. The van der Waals surface area contributed by atoms with Crippen molar-refractivity contribution in [2.45, 2.75) is 13.5 Å². The molecule has 0 amide bonds. The monoisotopic (exact) mass is 326 g/mol. The number of hydrogen-bond acceptors (Lipinski definition) is 7. The van der Waals surface area contributed by atoms with Crippen molar-refractivity contribution in [2.75, 3.05) is 19.0 Å². The first kappa shape index (κ1) is 15.8. The van der Waals surface area contributed by atoms with Crippen LogP contribution in [-0.2, 0) is 6.54 Å². The number of pyridine rings is 1. The van der Waals surface area contributed by atoms with Crippen LogP contribution in [0.1, 0.15) is 12.5 Å². The molecule has 1 aromatic carbocycles. The second-order valence-electron chi connectivity index (χ2n) is 4.94. The van der Waals surface area contributed by atoms with Crippen molar-refractivity contribution < 1.29 is 14.0 Å². The van der Waals surface area contributed by atoms with Crippen molar-refractivity contribution in [1.82, 2.24) is 15.1 Å². The third-order valence-corrected chi connectivity index (χ3v) is 3.29. The number of hydrogen-bond donors (Lipinski definition) is 1. The van der Waals surface area contributed by atoms with Gasteiger partial charge < -0.3 is 19.3 Å². The van der Waals surface area contributed by atoms with E-state index in [1.807, 2.05) is 43.3 Å². The molecular weight excluding hydrogens is 308 g/mol. The minimum Gasteiger partial charge on any atom is -0.497 e. The van der Waals surface area contributed by atoms with E-state index in [0.29, 0.717) is 30.9 Å². The highest BCUT2D eigenvalue weighted by atomic mass is 16.5. The van der Waals surface area contributed by atoms with Gasteiger partial charge >= 0.3 is 6.01 Å². The molecule has 7 heteroatoms. The molecule has 2 heterocycles. The third kappa shape index (κ3) is 3.81. The van der Waals surface area contributed by atoms with Gasteiger partial charge in [-0.3, -0.25) is 0 Å². The average molecular weight is 326 g/mol. The standard InChI is InChI=1S/C17H18N4O3/c1-3-23-15-9-12(7-8-18-15)11-19-17-20-16(21-24-17)13-5-4-6-14(10-13)22-2/h4-10H,3,11H2,1-2H3,(H,19,20,21). The molecule has 0 saturated heterocycles. The maximum absolute atomic E-state index is 5.38. The predicted molar refractivity (Wildman–Crippen MR) is 89.0 cm³/mol. The number of anilines is 1. The van der Waals surface area contributed by atoms with Crippen LogP contribution in [-0.4, -0.2) is 28.8 Å². The van der Waals surface area contributed by atoms with Crippen molar-refractivity contribution in [1.29, 1.82) is 0 Å². The molecule has 1 N–H and O–H groups in total. The van der Waals surface area contributed by atoms with E-state index in [0.717, 1.165) is 16.9 Å². The fourth-order valence-electron chi connectivity index (χ4n) is 2.14. The Balaban J connectivity index is 1.67. The molecule has 0 aliphatic heterocycles.